The van der Waals surface area contributed by atoms with E-state index in [1.54, 1.807) is 0 Å². The van der Waals surface area contributed by atoms with Gasteiger partial charge in [-0.25, -0.2) is 10.8 Å². The summed E-state index contributed by atoms with van der Waals surface area (Å²) >= 11 is 0. The van der Waals surface area contributed by atoms with Crippen molar-refractivity contribution in [1.29, 1.82) is 0 Å². The van der Waals surface area contributed by atoms with E-state index in [-0.39, 0.29) is 5.95 Å². The third kappa shape index (κ3) is 2.76. The van der Waals surface area contributed by atoms with E-state index in [1.807, 2.05) is 0 Å². The van der Waals surface area contributed by atoms with Crippen molar-refractivity contribution in [3.05, 3.63) is 12.3 Å². The Kier molecular flexibility index (Phi) is 4.38. The number of aliphatic hydroxyl groups excluding tert-OH is 3. The third-order valence-corrected chi connectivity index (χ3v) is 2.09. The maximum absolute atomic E-state index is 9.10. The molecule has 0 atom stereocenters. The number of nitrogens with two attached hydrogens (primary N) is 1. The molecule has 0 amide bonds. The molecule has 0 bridgehead atoms. The van der Waals surface area contributed by atoms with Crippen LogP contribution in [0.1, 0.15) is 0 Å². The molecule has 0 aliphatic heterocycles. The third-order valence-electron chi connectivity index (χ3n) is 2.09. The molecule has 90 valence electrons. The minimum Gasteiger partial charge on any atom is -0.394 e. The number of hydrogen-bond donors (Lipinski definition) is 6. The van der Waals surface area contributed by atoms with E-state index < -0.39 is 25.4 Å². The van der Waals surface area contributed by atoms with E-state index >= 15 is 0 Å². The highest BCUT2D eigenvalue weighted by Crippen LogP contribution is 2.13. The first-order valence-corrected chi connectivity index (χ1v) is 4.60. The van der Waals surface area contributed by atoms with Crippen LogP contribution >= 0.6 is 0 Å². The number of nitrogens with zero attached hydrogens (tertiary/aromatic N) is 2. The van der Waals surface area contributed by atoms with E-state index in [1.165, 1.54) is 12.3 Å². The second-order valence-corrected chi connectivity index (χ2v) is 3.29. The fourth-order valence-corrected chi connectivity index (χ4v) is 1.04. The molecule has 0 aromatic carbocycles. The predicted molar refractivity (Wildman–Crippen MR) is 57.5 cm³/mol. The van der Waals surface area contributed by atoms with Crippen molar-refractivity contribution in [3.8, 4) is 0 Å². The monoisotopic (exact) mass is 229 g/mol. The van der Waals surface area contributed by atoms with Gasteiger partial charge in [0, 0.05) is 6.20 Å². The maximum Gasteiger partial charge on any atom is 0.239 e. The van der Waals surface area contributed by atoms with Crippen LogP contribution in [0.15, 0.2) is 12.3 Å². The topological polar surface area (TPSA) is 137 Å². The minimum atomic E-state index is -1.22. The summed E-state index contributed by atoms with van der Waals surface area (Å²) in [5.74, 6) is 5.65. The average molecular weight is 229 g/mol. The molecular weight excluding hydrogens is 214 g/mol. The molecule has 0 fully saturated rings. The Morgan fingerprint density at radius 3 is 2.38 bits per heavy atom. The van der Waals surface area contributed by atoms with Crippen molar-refractivity contribution < 1.29 is 15.3 Å². The number of nitrogens with one attached hydrogen (secondary N) is 2. The zero-order valence-corrected chi connectivity index (χ0v) is 8.59. The molecule has 0 aliphatic rings. The van der Waals surface area contributed by atoms with E-state index in [0.717, 1.165) is 0 Å². The van der Waals surface area contributed by atoms with Gasteiger partial charge in [-0.3, -0.25) is 5.43 Å². The number of aromatic nitrogens is 2. The normalized spacial score (nSPS) is 11.2. The van der Waals surface area contributed by atoms with Gasteiger partial charge in [0.1, 0.15) is 11.4 Å². The van der Waals surface area contributed by atoms with Gasteiger partial charge >= 0.3 is 0 Å². The molecule has 0 unspecified atom stereocenters. The fraction of sp³-hybridized carbons (Fsp3) is 0.500. The summed E-state index contributed by atoms with van der Waals surface area (Å²) in [5.41, 5.74) is 1.04. The number of nitrogen functional groups attached to an aromatic ring is 1. The lowest BCUT2D eigenvalue weighted by Crippen LogP contribution is -2.49. The molecule has 16 heavy (non-hydrogen) atoms. The zero-order valence-electron chi connectivity index (χ0n) is 8.59. The number of hydrogen-bond acceptors (Lipinski definition) is 8. The first-order chi connectivity index (χ1) is 7.69. The Balaban J connectivity index is 2.84. The number of aliphatic hydroxyl groups is 3. The Hall–Kier alpha value is -1.48. The molecule has 7 N–H and O–H groups in total. The standard InChI is InChI=1S/C8H15N5O3/c9-13-7-10-2-1-6(11-7)12-8(3-14,4-15)5-16/h1-2,14-16H,3-5,9H2,(H2,10,11,12,13). The number of hydrazine groups is 1. The fourth-order valence-electron chi connectivity index (χ4n) is 1.04. The van der Waals surface area contributed by atoms with Crippen LogP contribution in [0.2, 0.25) is 0 Å². The van der Waals surface area contributed by atoms with Gasteiger partial charge in [0.05, 0.1) is 19.8 Å². The van der Waals surface area contributed by atoms with Crippen LogP contribution in [-0.4, -0.2) is 50.6 Å². The molecule has 1 aromatic heterocycles. The minimum absolute atomic E-state index is 0.188. The quantitative estimate of drug-likeness (QED) is 0.241. The van der Waals surface area contributed by atoms with Crippen LogP contribution in [0.3, 0.4) is 0 Å². The van der Waals surface area contributed by atoms with Crippen molar-refractivity contribution in [1.82, 2.24) is 9.97 Å². The second kappa shape index (κ2) is 5.56. The van der Waals surface area contributed by atoms with Crippen molar-refractivity contribution in [2.75, 3.05) is 30.6 Å². The molecule has 0 saturated heterocycles. The Morgan fingerprint density at radius 2 is 1.88 bits per heavy atom. The Morgan fingerprint density at radius 1 is 1.25 bits per heavy atom. The van der Waals surface area contributed by atoms with Gasteiger partial charge in [0.2, 0.25) is 5.95 Å². The van der Waals surface area contributed by atoms with Gasteiger partial charge in [0.15, 0.2) is 0 Å². The Bertz CT molecular complexity index is 323. The average Bonchev–Trinajstić information content (AvgIpc) is 2.36. The predicted octanol–water partition coefficient (Wildman–Crippen LogP) is -2.11. The van der Waals surface area contributed by atoms with Crippen LogP contribution in [-0.2, 0) is 0 Å². The van der Waals surface area contributed by atoms with Crippen LogP contribution in [0, 0.1) is 0 Å². The van der Waals surface area contributed by atoms with E-state index in [9.17, 15) is 0 Å². The highest BCUT2D eigenvalue weighted by molar-refractivity contribution is 5.41. The van der Waals surface area contributed by atoms with Gasteiger partial charge in [0.25, 0.3) is 0 Å². The number of anilines is 2. The summed E-state index contributed by atoms with van der Waals surface area (Å²) in [7, 11) is 0. The van der Waals surface area contributed by atoms with Crippen molar-refractivity contribution >= 4 is 11.8 Å². The summed E-state index contributed by atoms with van der Waals surface area (Å²) in [6.45, 7) is -1.31. The summed E-state index contributed by atoms with van der Waals surface area (Å²) in [6, 6.07) is 1.52. The molecule has 0 spiro atoms. The Labute approximate surface area is 92.1 Å². The van der Waals surface area contributed by atoms with Crippen LogP contribution in [0.25, 0.3) is 0 Å². The molecule has 1 heterocycles. The highest BCUT2D eigenvalue weighted by Gasteiger charge is 2.28. The molecule has 8 heteroatoms. The molecular formula is C8H15N5O3. The van der Waals surface area contributed by atoms with E-state index in [2.05, 4.69) is 20.7 Å². The van der Waals surface area contributed by atoms with Crippen molar-refractivity contribution in [2.45, 2.75) is 5.54 Å². The van der Waals surface area contributed by atoms with Crippen LogP contribution < -0.4 is 16.6 Å². The number of rotatable bonds is 6. The van der Waals surface area contributed by atoms with Gasteiger partial charge in [-0.2, -0.15) is 4.98 Å². The van der Waals surface area contributed by atoms with E-state index in [0.29, 0.717) is 5.82 Å². The smallest absolute Gasteiger partial charge is 0.239 e. The molecule has 1 rings (SSSR count). The van der Waals surface area contributed by atoms with Gasteiger partial charge in [-0.15, -0.1) is 0 Å². The first kappa shape index (κ1) is 12.6. The summed E-state index contributed by atoms with van der Waals surface area (Å²) in [6.07, 6.45) is 1.45. The van der Waals surface area contributed by atoms with Crippen molar-refractivity contribution in [2.24, 2.45) is 5.84 Å². The SMILES string of the molecule is NNc1nccc(NC(CO)(CO)CO)n1. The molecule has 1 aromatic rings. The van der Waals surface area contributed by atoms with E-state index in [4.69, 9.17) is 21.2 Å². The van der Waals surface area contributed by atoms with Gasteiger partial charge < -0.3 is 20.6 Å². The lowest BCUT2D eigenvalue weighted by Gasteiger charge is -2.29. The molecule has 8 nitrogen and oxygen atoms in total. The molecule has 0 saturated carbocycles. The summed E-state index contributed by atoms with van der Waals surface area (Å²) in [5, 5.41) is 30.0. The highest BCUT2D eigenvalue weighted by atomic mass is 16.3. The zero-order chi connectivity index (χ0) is 12.0. The largest absolute Gasteiger partial charge is 0.394 e. The first-order valence-electron chi connectivity index (χ1n) is 4.60. The lowest BCUT2D eigenvalue weighted by atomic mass is 10.0. The summed E-state index contributed by atoms with van der Waals surface area (Å²) < 4.78 is 0. The van der Waals surface area contributed by atoms with Crippen LogP contribution in [0.5, 0.6) is 0 Å². The maximum atomic E-state index is 9.10. The van der Waals surface area contributed by atoms with Gasteiger partial charge in [-0.1, -0.05) is 0 Å². The molecule has 0 radical (unpaired) electrons. The second-order valence-electron chi connectivity index (χ2n) is 3.29. The lowest BCUT2D eigenvalue weighted by molar-refractivity contribution is 0.0831. The summed E-state index contributed by atoms with van der Waals surface area (Å²) in [4.78, 5) is 7.72. The van der Waals surface area contributed by atoms with Crippen molar-refractivity contribution in [3.63, 3.8) is 0 Å². The van der Waals surface area contributed by atoms with Crippen LogP contribution in [0.4, 0.5) is 11.8 Å². The van der Waals surface area contributed by atoms with Gasteiger partial charge in [-0.05, 0) is 6.07 Å². The molecule has 0 aliphatic carbocycles.